The SMILES string of the molecule is CCOC(=O)CNC(C)Cc1ccc(Cl)cc1. The van der Waals surface area contributed by atoms with Crippen LogP contribution in [0.5, 0.6) is 0 Å². The summed E-state index contributed by atoms with van der Waals surface area (Å²) in [6.07, 6.45) is 0.858. The molecule has 0 spiro atoms. The van der Waals surface area contributed by atoms with Crippen LogP contribution in [-0.4, -0.2) is 25.2 Å². The first-order valence-electron chi connectivity index (χ1n) is 5.75. The lowest BCUT2D eigenvalue weighted by molar-refractivity contribution is -0.142. The highest BCUT2D eigenvalue weighted by molar-refractivity contribution is 6.30. The van der Waals surface area contributed by atoms with Gasteiger partial charge in [0.15, 0.2) is 0 Å². The first-order chi connectivity index (χ1) is 8.11. The predicted octanol–water partition coefficient (Wildman–Crippen LogP) is 2.42. The van der Waals surface area contributed by atoms with Crippen LogP contribution in [0.3, 0.4) is 0 Å². The summed E-state index contributed by atoms with van der Waals surface area (Å²) in [5.41, 5.74) is 1.19. The molecular weight excluding hydrogens is 238 g/mol. The van der Waals surface area contributed by atoms with E-state index < -0.39 is 0 Å². The molecule has 0 aliphatic rings. The number of nitrogens with one attached hydrogen (secondary N) is 1. The molecule has 4 heteroatoms. The van der Waals surface area contributed by atoms with Crippen LogP contribution in [0.2, 0.25) is 5.02 Å². The van der Waals surface area contributed by atoms with Crippen molar-refractivity contribution in [3.05, 3.63) is 34.9 Å². The van der Waals surface area contributed by atoms with Gasteiger partial charge in [0.2, 0.25) is 0 Å². The largest absolute Gasteiger partial charge is 0.465 e. The molecule has 0 aliphatic heterocycles. The van der Waals surface area contributed by atoms with E-state index in [0.717, 1.165) is 11.4 Å². The fourth-order valence-electron chi connectivity index (χ4n) is 1.52. The fourth-order valence-corrected chi connectivity index (χ4v) is 1.64. The number of rotatable bonds is 6. The van der Waals surface area contributed by atoms with Crippen molar-refractivity contribution in [1.29, 1.82) is 0 Å². The molecule has 0 radical (unpaired) electrons. The highest BCUT2D eigenvalue weighted by atomic mass is 35.5. The Bertz CT molecular complexity index is 351. The molecule has 0 bridgehead atoms. The third-order valence-corrected chi connectivity index (χ3v) is 2.61. The van der Waals surface area contributed by atoms with Crippen molar-refractivity contribution in [2.24, 2.45) is 0 Å². The molecule has 0 amide bonds. The van der Waals surface area contributed by atoms with Gasteiger partial charge in [0, 0.05) is 11.1 Å². The van der Waals surface area contributed by atoms with Crippen LogP contribution in [0.4, 0.5) is 0 Å². The minimum atomic E-state index is -0.213. The zero-order valence-electron chi connectivity index (χ0n) is 10.2. The van der Waals surface area contributed by atoms with Crippen molar-refractivity contribution in [1.82, 2.24) is 5.32 Å². The lowest BCUT2D eigenvalue weighted by atomic mass is 10.1. The van der Waals surface area contributed by atoms with Crippen LogP contribution in [0.1, 0.15) is 19.4 Å². The molecule has 0 heterocycles. The molecular formula is C13H18ClNO2. The summed E-state index contributed by atoms with van der Waals surface area (Å²) in [5, 5.41) is 3.86. The number of benzene rings is 1. The van der Waals surface area contributed by atoms with Gasteiger partial charge in [-0.3, -0.25) is 4.79 Å². The van der Waals surface area contributed by atoms with Crippen LogP contribution in [-0.2, 0) is 16.0 Å². The van der Waals surface area contributed by atoms with Crippen LogP contribution >= 0.6 is 11.6 Å². The van der Waals surface area contributed by atoms with Gasteiger partial charge in [-0.2, -0.15) is 0 Å². The van der Waals surface area contributed by atoms with Gasteiger partial charge in [-0.15, -0.1) is 0 Å². The van der Waals surface area contributed by atoms with Gasteiger partial charge in [0.05, 0.1) is 13.2 Å². The number of carbonyl (C=O) groups is 1. The lowest BCUT2D eigenvalue weighted by Crippen LogP contribution is -2.33. The summed E-state index contributed by atoms with van der Waals surface area (Å²) in [6, 6.07) is 7.94. The molecule has 0 saturated heterocycles. The smallest absolute Gasteiger partial charge is 0.319 e. The monoisotopic (exact) mass is 255 g/mol. The van der Waals surface area contributed by atoms with Gasteiger partial charge in [0.25, 0.3) is 0 Å². The van der Waals surface area contributed by atoms with E-state index >= 15 is 0 Å². The van der Waals surface area contributed by atoms with E-state index in [9.17, 15) is 4.79 Å². The van der Waals surface area contributed by atoms with E-state index in [1.54, 1.807) is 6.92 Å². The Labute approximate surface area is 107 Å². The van der Waals surface area contributed by atoms with Crippen molar-refractivity contribution in [2.45, 2.75) is 26.3 Å². The minimum Gasteiger partial charge on any atom is -0.465 e. The molecule has 3 nitrogen and oxygen atoms in total. The molecule has 0 aliphatic carbocycles. The number of esters is 1. The summed E-state index contributed by atoms with van der Waals surface area (Å²) in [7, 11) is 0. The van der Waals surface area contributed by atoms with Crippen molar-refractivity contribution in [3.63, 3.8) is 0 Å². The van der Waals surface area contributed by atoms with Crippen LogP contribution in [0.25, 0.3) is 0 Å². The molecule has 17 heavy (non-hydrogen) atoms. The molecule has 94 valence electrons. The van der Waals surface area contributed by atoms with E-state index in [2.05, 4.69) is 5.32 Å². The minimum absolute atomic E-state index is 0.213. The molecule has 1 rings (SSSR count). The van der Waals surface area contributed by atoms with Crippen LogP contribution in [0.15, 0.2) is 24.3 Å². The normalized spacial score (nSPS) is 12.2. The topological polar surface area (TPSA) is 38.3 Å². The maximum absolute atomic E-state index is 11.1. The second-order valence-electron chi connectivity index (χ2n) is 3.92. The highest BCUT2D eigenvalue weighted by Gasteiger charge is 2.06. The van der Waals surface area contributed by atoms with Gasteiger partial charge < -0.3 is 10.1 Å². The second-order valence-corrected chi connectivity index (χ2v) is 4.35. The Morgan fingerprint density at radius 1 is 1.41 bits per heavy atom. The Balaban J connectivity index is 2.31. The predicted molar refractivity (Wildman–Crippen MR) is 69.3 cm³/mol. The summed E-state index contributed by atoms with van der Waals surface area (Å²) >= 11 is 5.81. The third kappa shape index (κ3) is 5.71. The van der Waals surface area contributed by atoms with Gasteiger partial charge in [-0.25, -0.2) is 0 Å². The molecule has 1 aromatic carbocycles. The maximum atomic E-state index is 11.1. The first-order valence-corrected chi connectivity index (χ1v) is 6.13. The van der Waals surface area contributed by atoms with E-state index in [-0.39, 0.29) is 18.6 Å². The number of carbonyl (C=O) groups excluding carboxylic acids is 1. The van der Waals surface area contributed by atoms with Crippen molar-refractivity contribution in [3.8, 4) is 0 Å². The maximum Gasteiger partial charge on any atom is 0.319 e. The Hall–Kier alpha value is -1.06. The van der Waals surface area contributed by atoms with Crippen LogP contribution < -0.4 is 5.32 Å². The molecule has 1 aromatic rings. The van der Waals surface area contributed by atoms with Gasteiger partial charge >= 0.3 is 5.97 Å². The zero-order chi connectivity index (χ0) is 12.7. The average molecular weight is 256 g/mol. The Kier molecular flexibility index (Phi) is 6.01. The van der Waals surface area contributed by atoms with E-state index in [1.807, 2.05) is 31.2 Å². The summed E-state index contributed by atoms with van der Waals surface area (Å²) in [5.74, 6) is -0.213. The molecule has 0 aromatic heterocycles. The number of hydrogen-bond acceptors (Lipinski definition) is 3. The average Bonchev–Trinajstić information content (AvgIpc) is 2.30. The van der Waals surface area contributed by atoms with Crippen molar-refractivity contribution < 1.29 is 9.53 Å². The van der Waals surface area contributed by atoms with Crippen molar-refractivity contribution >= 4 is 17.6 Å². The van der Waals surface area contributed by atoms with Gasteiger partial charge in [-0.1, -0.05) is 23.7 Å². The van der Waals surface area contributed by atoms with Crippen molar-refractivity contribution in [2.75, 3.05) is 13.2 Å². The van der Waals surface area contributed by atoms with E-state index in [4.69, 9.17) is 16.3 Å². The molecule has 0 saturated carbocycles. The van der Waals surface area contributed by atoms with E-state index in [0.29, 0.717) is 6.61 Å². The molecule has 1 atom stereocenters. The number of halogens is 1. The summed E-state index contributed by atoms with van der Waals surface area (Å²) in [4.78, 5) is 11.1. The first kappa shape index (κ1) is 14.0. The number of hydrogen-bond donors (Lipinski definition) is 1. The molecule has 1 unspecified atom stereocenters. The van der Waals surface area contributed by atoms with Gasteiger partial charge in [-0.05, 0) is 38.0 Å². The second kappa shape index (κ2) is 7.30. The Morgan fingerprint density at radius 3 is 2.65 bits per heavy atom. The van der Waals surface area contributed by atoms with Crippen LogP contribution in [0, 0.1) is 0 Å². The van der Waals surface area contributed by atoms with Gasteiger partial charge in [0.1, 0.15) is 0 Å². The Morgan fingerprint density at radius 2 is 2.06 bits per heavy atom. The highest BCUT2D eigenvalue weighted by Crippen LogP contribution is 2.10. The molecule has 1 N–H and O–H groups in total. The quantitative estimate of drug-likeness (QED) is 0.794. The standard InChI is InChI=1S/C13H18ClNO2/c1-3-17-13(16)9-15-10(2)8-11-4-6-12(14)7-5-11/h4-7,10,15H,3,8-9H2,1-2H3. The third-order valence-electron chi connectivity index (χ3n) is 2.36. The lowest BCUT2D eigenvalue weighted by Gasteiger charge is -2.13. The zero-order valence-corrected chi connectivity index (χ0v) is 11.0. The fraction of sp³-hybridized carbons (Fsp3) is 0.462. The molecule has 0 fully saturated rings. The summed E-state index contributed by atoms with van der Waals surface area (Å²) < 4.78 is 4.84. The number of ether oxygens (including phenoxy) is 1. The van der Waals surface area contributed by atoms with E-state index in [1.165, 1.54) is 5.56 Å². The summed E-state index contributed by atoms with van der Waals surface area (Å²) in [6.45, 7) is 4.51.